The van der Waals surface area contributed by atoms with Gasteiger partial charge in [0.25, 0.3) is 5.91 Å². The van der Waals surface area contributed by atoms with Crippen molar-refractivity contribution in [2.45, 2.75) is 25.2 Å². The minimum atomic E-state index is -3.53. The quantitative estimate of drug-likeness (QED) is 0.745. The number of carbonyl (C=O) groups is 1. The average molecular weight is 403 g/mol. The Morgan fingerprint density at radius 1 is 0.964 bits per heavy atom. The highest BCUT2D eigenvalue weighted by Gasteiger charge is 2.30. The number of hydrogen-bond acceptors (Lipinski definition) is 4. The number of sulfonamides is 1. The molecule has 28 heavy (non-hydrogen) atoms. The van der Waals surface area contributed by atoms with Crippen molar-refractivity contribution in [3.63, 3.8) is 0 Å². The fourth-order valence-electron chi connectivity index (χ4n) is 3.09. The van der Waals surface area contributed by atoms with Gasteiger partial charge in [-0.3, -0.25) is 4.79 Å². The van der Waals surface area contributed by atoms with Gasteiger partial charge in [0.05, 0.1) is 4.90 Å². The molecule has 0 atom stereocenters. The molecule has 150 valence electrons. The molecule has 1 aliphatic rings. The van der Waals surface area contributed by atoms with Crippen LogP contribution in [0.2, 0.25) is 0 Å². The number of rotatable bonds is 6. The number of amides is 1. The van der Waals surface area contributed by atoms with Crippen LogP contribution in [-0.2, 0) is 21.2 Å². The maximum atomic E-state index is 12.7. The molecule has 1 saturated heterocycles. The van der Waals surface area contributed by atoms with E-state index in [0.29, 0.717) is 18.8 Å². The van der Waals surface area contributed by atoms with Crippen molar-refractivity contribution < 1.29 is 17.9 Å². The van der Waals surface area contributed by atoms with Crippen molar-refractivity contribution in [3.8, 4) is 5.75 Å². The van der Waals surface area contributed by atoms with Gasteiger partial charge in [0.15, 0.2) is 6.61 Å². The molecule has 1 aliphatic heterocycles. The molecule has 3 rings (SSSR count). The van der Waals surface area contributed by atoms with Gasteiger partial charge in [-0.2, -0.15) is 4.31 Å². The Hall–Kier alpha value is -2.38. The second-order valence-electron chi connectivity index (χ2n) is 6.88. The van der Waals surface area contributed by atoms with Crippen molar-refractivity contribution in [1.29, 1.82) is 0 Å². The molecule has 0 radical (unpaired) electrons. The van der Waals surface area contributed by atoms with Crippen LogP contribution >= 0.6 is 0 Å². The van der Waals surface area contributed by atoms with Crippen LogP contribution in [0.15, 0.2) is 53.4 Å². The maximum Gasteiger partial charge on any atom is 0.260 e. The van der Waals surface area contributed by atoms with Crippen molar-refractivity contribution >= 4 is 15.9 Å². The minimum Gasteiger partial charge on any atom is -0.484 e. The predicted octanol–water partition coefficient (Wildman–Crippen LogP) is 2.47. The van der Waals surface area contributed by atoms with Crippen LogP contribution in [0.25, 0.3) is 0 Å². The van der Waals surface area contributed by atoms with E-state index in [1.165, 1.54) is 9.87 Å². The number of carbonyl (C=O) groups excluding carboxylic acids is 1. The summed E-state index contributed by atoms with van der Waals surface area (Å²) in [6, 6.07) is 14.5. The number of benzene rings is 2. The lowest BCUT2D eigenvalue weighted by atomic mass is 10.2. The Kier molecular flexibility index (Phi) is 6.36. The normalized spacial score (nSPS) is 15.4. The fraction of sp³-hybridized carbons (Fsp3) is 0.381. The number of ether oxygens (including phenoxy) is 1. The van der Waals surface area contributed by atoms with Crippen LogP contribution in [0.3, 0.4) is 0 Å². The van der Waals surface area contributed by atoms with Crippen molar-refractivity contribution in [2.24, 2.45) is 0 Å². The second kappa shape index (κ2) is 8.75. The summed E-state index contributed by atoms with van der Waals surface area (Å²) in [5.41, 5.74) is 2.23. The summed E-state index contributed by atoms with van der Waals surface area (Å²) in [6.07, 6.45) is 0.953. The number of nitrogens with zero attached hydrogens (tertiary/aromatic N) is 2. The average Bonchev–Trinajstić information content (AvgIpc) is 2.73. The largest absolute Gasteiger partial charge is 0.484 e. The highest BCUT2D eigenvalue weighted by atomic mass is 32.2. The highest BCUT2D eigenvalue weighted by molar-refractivity contribution is 7.89. The first-order valence-corrected chi connectivity index (χ1v) is 10.9. The molecule has 0 saturated carbocycles. The summed E-state index contributed by atoms with van der Waals surface area (Å²) < 4.78 is 32.5. The molecule has 0 bridgehead atoms. The number of aryl methyl sites for hydroxylation is 2. The van der Waals surface area contributed by atoms with Gasteiger partial charge in [-0.15, -0.1) is 0 Å². The zero-order valence-electron chi connectivity index (χ0n) is 16.3. The van der Waals surface area contributed by atoms with Gasteiger partial charge in [0.2, 0.25) is 10.0 Å². The van der Waals surface area contributed by atoms with Crippen molar-refractivity contribution in [1.82, 2.24) is 9.21 Å². The van der Waals surface area contributed by atoms with E-state index in [1.54, 1.807) is 29.2 Å². The van der Waals surface area contributed by atoms with Gasteiger partial charge in [-0.05, 0) is 43.2 Å². The molecular weight excluding hydrogens is 376 g/mol. The maximum absolute atomic E-state index is 12.7. The molecule has 0 aromatic heterocycles. The third kappa shape index (κ3) is 4.72. The zero-order chi connectivity index (χ0) is 20.1. The summed E-state index contributed by atoms with van der Waals surface area (Å²) in [4.78, 5) is 14.3. The first kappa shape index (κ1) is 20.4. The van der Waals surface area contributed by atoms with Gasteiger partial charge >= 0.3 is 0 Å². The van der Waals surface area contributed by atoms with E-state index in [2.05, 4.69) is 6.92 Å². The SMILES string of the molecule is CCc1ccc(OCC(=O)N2CCN(S(=O)(=O)c3ccc(C)cc3)CC2)cc1. The van der Waals surface area contributed by atoms with E-state index >= 15 is 0 Å². The van der Waals surface area contributed by atoms with E-state index < -0.39 is 10.0 Å². The molecule has 0 N–H and O–H groups in total. The molecule has 1 amide bonds. The van der Waals surface area contributed by atoms with E-state index in [-0.39, 0.29) is 30.5 Å². The van der Waals surface area contributed by atoms with Crippen LogP contribution in [0.1, 0.15) is 18.1 Å². The smallest absolute Gasteiger partial charge is 0.260 e. The Morgan fingerprint density at radius 3 is 2.14 bits per heavy atom. The summed E-state index contributed by atoms with van der Waals surface area (Å²) in [5.74, 6) is 0.526. The molecule has 0 spiro atoms. The monoisotopic (exact) mass is 402 g/mol. The van der Waals surface area contributed by atoms with E-state index in [9.17, 15) is 13.2 Å². The molecule has 6 nitrogen and oxygen atoms in total. The lowest BCUT2D eigenvalue weighted by molar-refractivity contribution is -0.134. The highest BCUT2D eigenvalue weighted by Crippen LogP contribution is 2.18. The van der Waals surface area contributed by atoms with Crippen LogP contribution in [0, 0.1) is 6.92 Å². The molecule has 7 heteroatoms. The zero-order valence-corrected chi connectivity index (χ0v) is 17.1. The van der Waals surface area contributed by atoms with Crippen molar-refractivity contribution in [3.05, 3.63) is 59.7 Å². The van der Waals surface area contributed by atoms with Crippen molar-refractivity contribution in [2.75, 3.05) is 32.8 Å². The predicted molar refractivity (Wildman–Crippen MR) is 108 cm³/mol. The van der Waals surface area contributed by atoms with Crippen LogP contribution < -0.4 is 4.74 Å². The fourth-order valence-corrected chi connectivity index (χ4v) is 4.52. The lowest BCUT2D eigenvalue weighted by Gasteiger charge is -2.34. The second-order valence-corrected chi connectivity index (χ2v) is 8.82. The molecule has 0 aliphatic carbocycles. The summed E-state index contributed by atoms with van der Waals surface area (Å²) in [6.45, 7) is 5.25. The van der Waals surface area contributed by atoms with E-state index in [4.69, 9.17) is 4.74 Å². The van der Waals surface area contributed by atoms with E-state index in [1.807, 2.05) is 31.2 Å². The first-order valence-electron chi connectivity index (χ1n) is 9.46. The molecule has 2 aromatic carbocycles. The summed E-state index contributed by atoms with van der Waals surface area (Å²) in [5, 5.41) is 0. The van der Waals surface area contributed by atoms with Gasteiger partial charge < -0.3 is 9.64 Å². The third-order valence-corrected chi connectivity index (χ3v) is 6.86. The van der Waals surface area contributed by atoms with E-state index in [0.717, 1.165) is 12.0 Å². The number of piperazine rings is 1. The van der Waals surface area contributed by atoms with Gasteiger partial charge in [-0.1, -0.05) is 36.8 Å². The lowest BCUT2D eigenvalue weighted by Crippen LogP contribution is -2.51. The Balaban J connectivity index is 1.52. The standard InChI is InChI=1S/C21H26N2O4S/c1-3-18-6-8-19(9-7-18)27-16-21(24)22-12-14-23(15-13-22)28(25,26)20-10-4-17(2)5-11-20/h4-11H,3,12-16H2,1-2H3. The van der Waals surface area contributed by atoms with Crippen LogP contribution in [-0.4, -0.2) is 56.3 Å². The molecule has 1 fully saturated rings. The third-order valence-electron chi connectivity index (χ3n) is 4.94. The first-order chi connectivity index (χ1) is 13.4. The van der Waals surface area contributed by atoms with Gasteiger partial charge in [0, 0.05) is 26.2 Å². The molecule has 2 aromatic rings. The Bertz CT molecular complexity index is 900. The Labute approximate surface area is 166 Å². The minimum absolute atomic E-state index is 0.0455. The topological polar surface area (TPSA) is 66.9 Å². The van der Waals surface area contributed by atoms with Gasteiger partial charge in [-0.25, -0.2) is 8.42 Å². The molecular formula is C21H26N2O4S. The summed E-state index contributed by atoms with van der Waals surface area (Å²) >= 11 is 0. The number of hydrogen-bond donors (Lipinski definition) is 0. The van der Waals surface area contributed by atoms with Crippen LogP contribution in [0.5, 0.6) is 5.75 Å². The molecule has 1 heterocycles. The van der Waals surface area contributed by atoms with Gasteiger partial charge in [0.1, 0.15) is 5.75 Å². The molecule has 0 unspecified atom stereocenters. The Morgan fingerprint density at radius 2 is 1.57 bits per heavy atom. The van der Waals surface area contributed by atoms with Crippen LogP contribution in [0.4, 0.5) is 0 Å². The summed E-state index contributed by atoms with van der Waals surface area (Å²) in [7, 11) is -3.53.